The van der Waals surface area contributed by atoms with Gasteiger partial charge in [0.15, 0.2) is 0 Å². The van der Waals surface area contributed by atoms with E-state index < -0.39 is 114 Å². The molecule has 3 rings (SSSR count). The average Bonchev–Trinajstić information content (AvgIpc) is 3.97. The van der Waals surface area contributed by atoms with Crippen molar-refractivity contribution in [1.29, 1.82) is 0 Å². The molecule has 0 bridgehead atoms. The van der Waals surface area contributed by atoms with Crippen LogP contribution in [0.5, 0.6) is 0 Å². The lowest BCUT2D eigenvalue weighted by molar-refractivity contribution is -0.143. The molecule has 0 aliphatic rings. The topological polar surface area (TPSA) is 355 Å². The van der Waals surface area contributed by atoms with Crippen molar-refractivity contribution in [2.75, 3.05) is 25.6 Å². The Hall–Kier alpha value is -6.98. The highest BCUT2D eigenvalue weighted by Gasteiger charge is 2.36. The van der Waals surface area contributed by atoms with Gasteiger partial charge >= 0.3 is 0 Å². The number of aromatic nitrogens is 3. The van der Waals surface area contributed by atoms with Crippen molar-refractivity contribution in [2.45, 2.75) is 122 Å². The summed E-state index contributed by atoms with van der Waals surface area (Å²) in [6.45, 7) is 8.97. The smallest absolute Gasteiger partial charge is 0.245 e. The zero-order valence-corrected chi connectivity index (χ0v) is 41.8. The number of aromatic amines is 2. The van der Waals surface area contributed by atoms with Gasteiger partial charge in [-0.1, -0.05) is 45.9 Å². The fourth-order valence-corrected chi connectivity index (χ4v) is 7.88. The summed E-state index contributed by atoms with van der Waals surface area (Å²) in [5.41, 5.74) is 12.8. The Labute approximate surface area is 411 Å². The molecule has 0 radical (unpaired) electrons. The average molecular weight is 996 g/mol. The highest BCUT2D eigenvalue weighted by atomic mass is 32.2. The van der Waals surface area contributed by atoms with Crippen molar-refractivity contribution in [1.82, 2.24) is 57.1 Å². The third kappa shape index (κ3) is 18.2. The third-order valence-corrected chi connectivity index (χ3v) is 11.9. The van der Waals surface area contributed by atoms with Gasteiger partial charge in [-0.05, 0) is 61.7 Å². The van der Waals surface area contributed by atoms with E-state index in [-0.39, 0.29) is 44.4 Å². The molecular formula is C46H69N13O10S. The highest BCUT2D eigenvalue weighted by molar-refractivity contribution is 7.98. The number of likely N-dealkylation sites (N-methyl/N-ethyl adjacent to an activating group) is 1. The number of benzene rings is 1. The van der Waals surface area contributed by atoms with Crippen LogP contribution in [-0.4, -0.2) is 147 Å². The number of thioether (sulfide) groups is 1. The van der Waals surface area contributed by atoms with Crippen LogP contribution in [0.1, 0.15) is 78.5 Å². The van der Waals surface area contributed by atoms with Gasteiger partial charge in [0.2, 0.25) is 59.1 Å². The van der Waals surface area contributed by atoms with Gasteiger partial charge in [0.25, 0.3) is 0 Å². The van der Waals surface area contributed by atoms with Crippen LogP contribution in [0.3, 0.4) is 0 Å². The predicted molar refractivity (Wildman–Crippen MR) is 262 cm³/mol. The van der Waals surface area contributed by atoms with Crippen molar-refractivity contribution in [3.05, 3.63) is 54.2 Å². The summed E-state index contributed by atoms with van der Waals surface area (Å²) in [6.07, 6.45) is 6.41. The van der Waals surface area contributed by atoms with E-state index in [0.717, 1.165) is 10.9 Å². The van der Waals surface area contributed by atoms with Crippen molar-refractivity contribution >= 4 is 81.7 Å². The van der Waals surface area contributed by atoms with Gasteiger partial charge in [-0.2, -0.15) is 11.8 Å². The second-order valence-electron chi connectivity index (χ2n) is 17.8. The Bertz CT molecular complexity index is 2300. The fourth-order valence-electron chi connectivity index (χ4n) is 7.41. The van der Waals surface area contributed by atoms with Gasteiger partial charge in [0, 0.05) is 62.2 Å². The molecule has 0 aliphatic heterocycles. The van der Waals surface area contributed by atoms with Gasteiger partial charge < -0.3 is 63.6 Å². The first-order valence-corrected chi connectivity index (χ1v) is 24.3. The number of nitrogens with two attached hydrogens (primary N) is 2. The van der Waals surface area contributed by atoms with E-state index in [9.17, 15) is 47.9 Å². The maximum absolute atomic E-state index is 14.1. The van der Waals surface area contributed by atoms with E-state index in [1.807, 2.05) is 38.3 Å². The number of hydrogen-bond acceptors (Lipinski definition) is 12. The number of primary amides is 2. The highest BCUT2D eigenvalue weighted by Crippen LogP contribution is 2.20. The van der Waals surface area contributed by atoms with Crippen molar-refractivity contribution < 1.29 is 47.9 Å². The summed E-state index contributed by atoms with van der Waals surface area (Å²) in [4.78, 5) is 143. The number of amides is 10. The van der Waals surface area contributed by atoms with Crippen LogP contribution >= 0.6 is 11.8 Å². The molecule has 13 N–H and O–H groups in total. The summed E-state index contributed by atoms with van der Waals surface area (Å²) in [5.74, 6) is -7.10. The third-order valence-electron chi connectivity index (χ3n) is 11.2. The Morgan fingerprint density at radius 3 is 2.01 bits per heavy atom. The lowest BCUT2D eigenvalue weighted by atomic mass is 10.00. The normalized spacial score (nSPS) is 14.2. The standard InChI is InChI=1S/C46H69N13O10S/c1-24(2)17-36(44(67)56-32(40(48)63)15-16-70-8)59(7)46(69)35(19-29-21-49-23-52-29)55-38(62)22-51-45(68)39(25(3)4)58-41(64)26(5)53-43(66)34(18-28-20-50-31-12-10-9-11-30(28)31)57-42(65)33(54-27(6)60)13-14-37(47)61/h9-12,20-21,23-26,32-36,39,50H,13-19,22H2,1-8H3,(H2,47,61)(H2,48,63)(H,49,52)(H,51,68)(H,53,66)(H,54,60)(H,55,62)(H,56,67)(H,57,65)(H,58,64)/t26-,32-,33-,34-,35-,36-,39-/m0/s1. The number of rotatable bonds is 29. The minimum atomic E-state index is -1.29. The van der Waals surface area contributed by atoms with Crippen LogP contribution in [0.2, 0.25) is 0 Å². The summed E-state index contributed by atoms with van der Waals surface area (Å²) in [7, 11) is 1.42. The minimum absolute atomic E-state index is 0.0496. The molecule has 3 aromatic rings. The Kier molecular flexibility index (Phi) is 22.8. The molecule has 384 valence electrons. The Morgan fingerprint density at radius 1 is 0.743 bits per heavy atom. The van der Waals surface area contributed by atoms with Crippen LogP contribution in [0.25, 0.3) is 10.9 Å². The monoisotopic (exact) mass is 996 g/mol. The van der Waals surface area contributed by atoms with Crippen LogP contribution < -0.4 is 48.7 Å². The second-order valence-corrected chi connectivity index (χ2v) is 18.8. The van der Waals surface area contributed by atoms with Crippen molar-refractivity contribution in [2.24, 2.45) is 23.3 Å². The molecule has 0 saturated heterocycles. The summed E-state index contributed by atoms with van der Waals surface area (Å²) >= 11 is 1.48. The number of nitrogens with one attached hydrogen (secondary N) is 9. The number of carbonyl (C=O) groups excluding carboxylic acids is 10. The minimum Gasteiger partial charge on any atom is -0.370 e. The van der Waals surface area contributed by atoms with Gasteiger partial charge in [-0.25, -0.2) is 4.98 Å². The van der Waals surface area contributed by atoms with Crippen LogP contribution in [0, 0.1) is 11.8 Å². The fraction of sp³-hybridized carbons (Fsp3) is 0.543. The molecule has 2 heterocycles. The Morgan fingerprint density at radius 2 is 1.41 bits per heavy atom. The number of para-hydroxylation sites is 1. The number of imidazole rings is 1. The van der Waals surface area contributed by atoms with E-state index >= 15 is 0 Å². The Balaban J connectivity index is 1.74. The molecule has 0 spiro atoms. The molecule has 0 aliphatic carbocycles. The molecule has 2 aromatic heterocycles. The molecule has 70 heavy (non-hydrogen) atoms. The molecule has 24 heteroatoms. The number of fused-ring (bicyclic) bond motifs is 1. The molecule has 0 fully saturated rings. The lowest BCUT2D eigenvalue weighted by Crippen LogP contribution is -2.59. The molecule has 23 nitrogen and oxygen atoms in total. The SMILES string of the molecule is CSCC[C@H](NC(=O)[C@H](CC(C)C)N(C)C(=O)[C@H](Cc1cnc[nH]1)NC(=O)CNC(=O)[C@@H](NC(=O)[C@H](C)NC(=O)[C@H](Cc1c[nH]c2ccccc12)NC(=O)[C@H](CCC(N)=O)NC(C)=O)C(C)C)C(N)=O. The first-order chi connectivity index (χ1) is 33.0. The first-order valence-electron chi connectivity index (χ1n) is 22.9. The van der Waals surface area contributed by atoms with E-state index in [1.54, 1.807) is 26.1 Å². The maximum atomic E-state index is 14.1. The van der Waals surface area contributed by atoms with E-state index in [0.29, 0.717) is 17.0 Å². The second kappa shape index (κ2) is 27.9. The van der Waals surface area contributed by atoms with E-state index in [2.05, 4.69) is 52.2 Å². The number of nitrogens with zero attached hydrogens (tertiary/aromatic N) is 2. The molecule has 7 atom stereocenters. The first kappa shape index (κ1) is 57.3. The van der Waals surface area contributed by atoms with Gasteiger partial charge in [-0.15, -0.1) is 0 Å². The lowest BCUT2D eigenvalue weighted by Gasteiger charge is -2.32. The van der Waals surface area contributed by atoms with E-state index in [1.165, 1.54) is 50.1 Å². The number of H-pyrrole nitrogens is 2. The molecular weight excluding hydrogens is 927 g/mol. The molecule has 0 saturated carbocycles. The molecule has 0 unspecified atom stereocenters. The van der Waals surface area contributed by atoms with E-state index in [4.69, 9.17) is 11.5 Å². The molecule has 1 aromatic carbocycles. The number of hydrogen-bond donors (Lipinski definition) is 11. The van der Waals surface area contributed by atoms with Crippen molar-refractivity contribution in [3.63, 3.8) is 0 Å². The van der Waals surface area contributed by atoms with Crippen molar-refractivity contribution in [3.8, 4) is 0 Å². The quantitative estimate of drug-likeness (QED) is 0.0390. The summed E-state index contributed by atoms with van der Waals surface area (Å²) in [5, 5.41) is 18.9. The predicted octanol–water partition coefficient (Wildman–Crippen LogP) is -1.23. The zero-order valence-electron chi connectivity index (χ0n) is 40.9. The molecule has 10 amide bonds. The number of carbonyl (C=O) groups is 10. The van der Waals surface area contributed by atoms with Crippen LogP contribution in [0.4, 0.5) is 0 Å². The maximum Gasteiger partial charge on any atom is 0.245 e. The summed E-state index contributed by atoms with van der Waals surface area (Å²) < 4.78 is 0. The van der Waals surface area contributed by atoms with Gasteiger partial charge in [0.1, 0.15) is 42.3 Å². The largest absolute Gasteiger partial charge is 0.370 e. The van der Waals surface area contributed by atoms with Crippen LogP contribution in [0.15, 0.2) is 43.0 Å². The zero-order chi connectivity index (χ0) is 52.2. The van der Waals surface area contributed by atoms with Crippen LogP contribution in [-0.2, 0) is 60.8 Å². The van der Waals surface area contributed by atoms with Gasteiger partial charge in [-0.3, -0.25) is 47.9 Å². The van der Waals surface area contributed by atoms with Gasteiger partial charge in [0.05, 0.1) is 12.9 Å². The summed E-state index contributed by atoms with van der Waals surface area (Å²) in [6, 6.07) is -0.957.